The van der Waals surface area contributed by atoms with Gasteiger partial charge < -0.3 is 23.8 Å². The third-order valence-corrected chi connectivity index (χ3v) is 4.65. The Kier molecular flexibility index (Phi) is 7.33. The fourth-order valence-electron chi connectivity index (χ4n) is 3.56. The van der Waals surface area contributed by atoms with Crippen LogP contribution in [0.5, 0.6) is 17.2 Å². The lowest BCUT2D eigenvalue weighted by molar-refractivity contribution is -0.152. The summed E-state index contributed by atoms with van der Waals surface area (Å²) in [7, 11) is 4.54. The van der Waals surface area contributed by atoms with E-state index < -0.39 is 5.97 Å². The van der Waals surface area contributed by atoms with Gasteiger partial charge in [0, 0.05) is 13.1 Å². The summed E-state index contributed by atoms with van der Waals surface area (Å²) < 4.78 is 21.0. The zero-order chi connectivity index (χ0) is 20.0. The van der Waals surface area contributed by atoms with E-state index >= 15 is 0 Å². The van der Waals surface area contributed by atoms with Gasteiger partial charge in [-0.05, 0) is 36.0 Å². The largest absolute Gasteiger partial charge is 0.493 e. The molecule has 0 bridgehead atoms. The lowest BCUT2D eigenvalue weighted by Gasteiger charge is -2.34. The Balaban J connectivity index is 1.94. The van der Waals surface area contributed by atoms with Crippen molar-refractivity contribution in [2.75, 3.05) is 41.0 Å². The number of likely N-dealkylation sites (tertiary alicyclic amines) is 1. The Hall–Kier alpha value is -2.44. The number of esters is 1. The minimum Gasteiger partial charge on any atom is -0.493 e. The lowest BCUT2D eigenvalue weighted by Crippen LogP contribution is -2.44. The molecule has 1 fully saturated rings. The van der Waals surface area contributed by atoms with Gasteiger partial charge in [0.25, 0.3) is 5.91 Å². The first-order chi connectivity index (χ1) is 12.9. The Labute approximate surface area is 160 Å². The summed E-state index contributed by atoms with van der Waals surface area (Å²) in [6, 6.07) is 3.39. The number of carbonyl (C=O) groups is 2. The number of benzene rings is 1. The van der Waals surface area contributed by atoms with Crippen molar-refractivity contribution in [2.45, 2.75) is 26.7 Å². The molecule has 0 spiro atoms. The fourth-order valence-corrected chi connectivity index (χ4v) is 3.56. The van der Waals surface area contributed by atoms with Gasteiger partial charge in [0.05, 0.1) is 27.8 Å². The minimum absolute atomic E-state index is 0.0107. The minimum atomic E-state index is -0.476. The monoisotopic (exact) mass is 379 g/mol. The molecule has 0 saturated carbocycles. The van der Waals surface area contributed by atoms with Gasteiger partial charge in [0.1, 0.15) is 0 Å². The summed E-state index contributed by atoms with van der Waals surface area (Å²) >= 11 is 0. The van der Waals surface area contributed by atoms with E-state index in [1.54, 1.807) is 17.0 Å². The lowest BCUT2D eigenvalue weighted by atomic mass is 9.92. The summed E-state index contributed by atoms with van der Waals surface area (Å²) in [4.78, 5) is 26.3. The second-order valence-corrected chi connectivity index (χ2v) is 7.12. The van der Waals surface area contributed by atoms with E-state index in [0.717, 1.165) is 6.42 Å². The second-order valence-electron chi connectivity index (χ2n) is 7.12. The highest BCUT2D eigenvalue weighted by atomic mass is 16.5. The molecule has 1 saturated heterocycles. The maximum Gasteiger partial charge on any atom is 0.310 e. The number of rotatable bonds is 7. The summed E-state index contributed by atoms with van der Waals surface area (Å²) in [6.07, 6.45) is 1.13. The van der Waals surface area contributed by atoms with Crippen LogP contribution in [0, 0.1) is 11.8 Å². The molecule has 1 aliphatic rings. The average Bonchev–Trinajstić information content (AvgIpc) is 2.64. The van der Waals surface area contributed by atoms with Crippen molar-refractivity contribution in [1.82, 2.24) is 4.90 Å². The molecule has 1 heterocycles. The van der Waals surface area contributed by atoms with Crippen LogP contribution in [0.2, 0.25) is 0 Å². The van der Waals surface area contributed by atoms with Crippen LogP contribution < -0.4 is 14.2 Å². The molecule has 1 amide bonds. The Morgan fingerprint density at radius 2 is 1.56 bits per heavy atom. The molecule has 0 aliphatic carbocycles. The Morgan fingerprint density at radius 1 is 1.00 bits per heavy atom. The summed E-state index contributed by atoms with van der Waals surface area (Å²) in [5, 5.41) is 0. The maximum absolute atomic E-state index is 12.3. The zero-order valence-electron chi connectivity index (χ0n) is 16.7. The molecule has 0 radical (unpaired) electrons. The van der Waals surface area contributed by atoms with Crippen LogP contribution in [0.4, 0.5) is 0 Å². The van der Waals surface area contributed by atoms with Crippen molar-refractivity contribution in [2.24, 2.45) is 11.8 Å². The molecule has 7 heteroatoms. The number of hydrogen-bond donors (Lipinski definition) is 0. The number of piperidine rings is 1. The first kappa shape index (κ1) is 20.9. The molecule has 1 aromatic rings. The molecule has 1 aromatic carbocycles. The number of methoxy groups -OCH3 is 3. The molecular weight excluding hydrogens is 350 g/mol. The van der Waals surface area contributed by atoms with Crippen LogP contribution in [0.15, 0.2) is 12.1 Å². The number of hydrogen-bond acceptors (Lipinski definition) is 6. The first-order valence-electron chi connectivity index (χ1n) is 9.10. The summed E-state index contributed by atoms with van der Waals surface area (Å²) in [6.45, 7) is 5.46. The molecule has 2 atom stereocenters. The molecule has 27 heavy (non-hydrogen) atoms. The third kappa shape index (κ3) is 5.52. The number of carbonyl (C=O) groups excluding carboxylic acids is 2. The van der Waals surface area contributed by atoms with Gasteiger partial charge in [-0.1, -0.05) is 13.8 Å². The standard InChI is InChI=1S/C20H29NO6/c1-13-6-14(2)11-21(10-13)18(22)12-27-19(23)9-15-7-16(24-3)20(26-5)17(8-15)25-4/h7-8,13-14H,6,9-12H2,1-5H3/t13-,14-/m1/s1. The Bertz CT molecular complexity index is 639. The smallest absolute Gasteiger partial charge is 0.310 e. The van der Waals surface area contributed by atoms with Crippen LogP contribution in [0.1, 0.15) is 25.8 Å². The van der Waals surface area contributed by atoms with Crippen molar-refractivity contribution in [3.63, 3.8) is 0 Å². The second kappa shape index (κ2) is 9.48. The topological polar surface area (TPSA) is 74.3 Å². The van der Waals surface area contributed by atoms with Crippen molar-refractivity contribution < 1.29 is 28.5 Å². The quantitative estimate of drug-likeness (QED) is 0.677. The molecular formula is C20H29NO6. The number of ether oxygens (including phenoxy) is 4. The van der Waals surface area contributed by atoms with Crippen molar-refractivity contribution in [3.05, 3.63) is 17.7 Å². The highest BCUT2D eigenvalue weighted by Gasteiger charge is 2.26. The molecule has 2 rings (SSSR count). The van der Waals surface area contributed by atoms with Gasteiger partial charge in [-0.2, -0.15) is 0 Å². The van der Waals surface area contributed by atoms with Crippen LogP contribution >= 0.6 is 0 Å². The molecule has 0 N–H and O–H groups in total. The SMILES string of the molecule is COc1cc(CC(=O)OCC(=O)N2C[C@H](C)C[C@@H](C)C2)cc(OC)c1OC. The predicted octanol–water partition coefficient (Wildman–Crippen LogP) is 2.30. The highest BCUT2D eigenvalue weighted by molar-refractivity contribution is 5.81. The third-order valence-electron chi connectivity index (χ3n) is 4.65. The van der Waals surface area contributed by atoms with E-state index in [-0.39, 0.29) is 18.9 Å². The molecule has 0 aromatic heterocycles. The van der Waals surface area contributed by atoms with E-state index in [2.05, 4.69) is 13.8 Å². The van der Waals surface area contributed by atoms with Gasteiger partial charge in [-0.15, -0.1) is 0 Å². The number of amides is 1. The zero-order valence-corrected chi connectivity index (χ0v) is 16.7. The van der Waals surface area contributed by atoms with Crippen LogP contribution in [-0.2, 0) is 20.7 Å². The van der Waals surface area contributed by atoms with Gasteiger partial charge in [-0.3, -0.25) is 9.59 Å². The van der Waals surface area contributed by atoms with E-state index in [0.29, 0.717) is 47.7 Å². The summed E-state index contributed by atoms with van der Waals surface area (Å²) in [5.41, 5.74) is 0.655. The number of nitrogens with zero attached hydrogens (tertiary/aromatic N) is 1. The Morgan fingerprint density at radius 3 is 2.04 bits per heavy atom. The van der Waals surface area contributed by atoms with Crippen molar-refractivity contribution in [1.29, 1.82) is 0 Å². The van der Waals surface area contributed by atoms with E-state index in [1.807, 2.05) is 0 Å². The fraction of sp³-hybridized carbons (Fsp3) is 0.600. The van der Waals surface area contributed by atoms with E-state index in [4.69, 9.17) is 18.9 Å². The summed E-state index contributed by atoms with van der Waals surface area (Å²) in [5.74, 6) is 1.70. The van der Waals surface area contributed by atoms with E-state index in [1.165, 1.54) is 21.3 Å². The van der Waals surface area contributed by atoms with Gasteiger partial charge in [0.2, 0.25) is 5.75 Å². The van der Waals surface area contributed by atoms with E-state index in [9.17, 15) is 9.59 Å². The molecule has 7 nitrogen and oxygen atoms in total. The molecule has 1 aliphatic heterocycles. The molecule has 0 unspecified atom stereocenters. The first-order valence-corrected chi connectivity index (χ1v) is 9.10. The van der Waals surface area contributed by atoms with Crippen LogP contribution in [-0.4, -0.2) is 57.8 Å². The van der Waals surface area contributed by atoms with Crippen LogP contribution in [0.3, 0.4) is 0 Å². The van der Waals surface area contributed by atoms with Gasteiger partial charge in [-0.25, -0.2) is 0 Å². The normalized spacial score (nSPS) is 19.4. The van der Waals surface area contributed by atoms with Crippen LogP contribution in [0.25, 0.3) is 0 Å². The highest BCUT2D eigenvalue weighted by Crippen LogP contribution is 2.38. The van der Waals surface area contributed by atoms with Crippen molar-refractivity contribution >= 4 is 11.9 Å². The maximum atomic E-state index is 12.3. The predicted molar refractivity (Wildman–Crippen MR) is 100 cm³/mol. The molecule has 150 valence electrons. The van der Waals surface area contributed by atoms with Gasteiger partial charge >= 0.3 is 5.97 Å². The average molecular weight is 379 g/mol. The van der Waals surface area contributed by atoms with Crippen molar-refractivity contribution in [3.8, 4) is 17.2 Å². The van der Waals surface area contributed by atoms with Gasteiger partial charge in [0.15, 0.2) is 18.1 Å².